The molecule has 1 aliphatic carbocycles. The van der Waals surface area contributed by atoms with Crippen LogP contribution < -0.4 is 20.9 Å². The summed E-state index contributed by atoms with van der Waals surface area (Å²) in [6.07, 6.45) is 5.57. The summed E-state index contributed by atoms with van der Waals surface area (Å²) in [5, 5.41) is 9.02. The third-order valence-electron chi connectivity index (χ3n) is 6.56. The summed E-state index contributed by atoms with van der Waals surface area (Å²) in [5.41, 5.74) is 3.27. The second-order valence-corrected chi connectivity index (χ2v) is 9.25. The lowest BCUT2D eigenvalue weighted by molar-refractivity contribution is -0.114. The van der Waals surface area contributed by atoms with Crippen LogP contribution in [0, 0.1) is 0 Å². The second kappa shape index (κ2) is 12.7. The Balaban J connectivity index is 1.28. The van der Waals surface area contributed by atoms with Gasteiger partial charge in [-0.2, -0.15) is 0 Å². The molecule has 0 unspecified atom stereocenters. The van der Waals surface area contributed by atoms with Crippen LogP contribution >= 0.6 is 0 Å². The van der Waals surface area contributed by atoms with Crippen LogP contribution in [-0.2, 0) is 4.79 Å². The average molecular weight is 499 g/mol. The molecule has 1 saturated carbocycles. The molecule has 3 aromatic carbocycles. The van der Waals surface area contributed by atoms with Gasteiger partial charge in [-0.05, 0) is 74.4 Å². The molecular weight excluding hydrogens is 464 g/mol. The largest absolute Gasteiger partial charge is 0.376 e. The van der Waals surface area contributed by atoms with E-state index in [1.54, 1.807) is 53.4 Å². The fourth-order valence-corrected chi connectivity index (χ4v) is 4.58. The molecule has 0 spiro atoms. The Bertz CT molecular complexity index is 1210. The maximum Gasteiger partial charge on any atom is 0.258 e. The van der Waals surface area contributed by atoms with E-state index in [9.17, 15) is 14.4 Å². The molecule has 3 amide bonds. The summed E-state index contributed by atoms with van der Waals surface area (Å²) >= 11 is 0. The number of anilines is 3. The van der Waals surface area contributed by atoms with Crippen molar-refractivity contribution in [1.29, 1.82) is 0 Å². The van der Waals surface area contributed by atoms with E-state index >= 15 is 0 Å². The first-order valence-electron chi connectivity index (χ1n) is 12.9. The molecular formula is C30H34N4O3. The SMILES string of the molecule is CCN(C(=O)c1ccc(NCC(=O)Nc2cccc(C(=O)NC3CCCCC3)c2)cc1)c1ccccc1. The molecule has 0 aliphatic heterocycles. The monoisotopic (exact) mass is 498 g/mol. The zero-order chi connectivity index (χ0) is 26.0. The van der Waals surface area contributed by atoms with Gasteiger partial charge in [0.2, 0.25) is 5.91 Å². The van der Waals surface area contributed by atoms with Crippen molar-refractivity contribution in [2.24, 2.45) is 0 Å². The molecule has 4 rings (SSSR count). The fourth-order valence-electron chi connectivity index (χ4n) is 4.58. The van der Waals surface area contributed by atoms with E-state index in [0.717, 1.165) is 37.1 Å². The quantitative estimate of drug-likeness (QED) is 0.365. The average Bonchev–Trinajstić information content (AvgIpc) is 2.94. The molecule has 0 atom stereocenters. The summed E-state index contributed by atoms with van der Waals surface area (Å²) in [4.78, 5) is 39.8. The Kier molecular flexibility index (Phi) is 8.92. The highest BCUT2D eigenvalue weighted by Crippen LogP contribution is 2.20. The van der Waals surface area contributed by atoms with Crippen LogP contribution in [0.25, 0.3) is 0 Å². The van der Waals surface area contributed by atoms with Crippen molar-refractivity contribution in [2.75, 3.05) is 28.6 Å². The molecule has 1 aliphatic rings. The molecule has 7 heteroatoms. The summed E-state index contributed by atoms with van der Waals surface area (Å²) in [5.74, 6) is -0.415. The minimum atomic E-state index is -0.230. The summed E-state index contributed by atoms with van der Waals surface area (Å²) < 4.78 is 0. The Hall–Kier alpha value is -4.13. The number of carbonyl (C=O) groups is 3. The van der Waals surface area contributed by atoms with Crippen molar-refractivity contribution in [3.63, 3.8) is 0 Å². The summed E-state index contributed by atoms with van der Waals surface area (Å²) in [7, 11) is 0. The van der Waals surface area contributed by atoms with E-state index in [4.69, 9.17) is 0 Å². The van der Waals surface area contributed by atoms with Gasteiger partial charge in [0.05, 0.1) is 6.54 Å². The number of hydrogen-bond acceptors (Lipinski definition) is 4. The molecule has 0 aromatic heterocycles. The lowest BCUT2D eigenvalue weighted by Crippen LogP contribution is -2.36. The van der Waals surface area contributed by atoms with Crippen molar-refractivity contribution in [2.45, 2.75) is 45.1 Å². The Morgan fingerprint density at radius 2 is 1.54 bits per heavy atom. The number of para-hydroxylation sites is 1. The van der Waals surface area contributed by atoms with Crippen LogP contribution in [0.1, 0.15) is 59.7 Å². The predicted molar refractivity (Wildman–Crippen MR) is 148 cm³/mol. The molecule has 0 bridgehead atoms. The van der Waals surface area contributed by atoms with Gasteiger partial charge in [-0.25, -0.2) is 0 Å². The highest BCUT2D eigenvalue weighted by molar-refractivity contribution is 6.06. The maximum absolute atomic E-state index is 13.0. The maximum atomic E-state index is 13.0. The standard InChI is InChI=1S/C30H34N4O3/c1-2-34(27-14-7-4-8-15-27)30(37)22-16-18-24(19-17-22)31-21-28(35)32-26-13-9-10-23(20-26)29(36)33-25-11-5-3-6-12-25/h4,7-10,13-20,25,31H,2-3,5-6,11-12,21H2,1H3,(H,32,35)(H,33,36). The third kappa shape index (κ3) is 7.19. The zero-order valence-corrected chi connectivity index (χ0v) is 21.2. The second-order valence-electron chi connectivity index (χ2n) is 9.25. The van der Waals surface area contributed by atoms with E-state index in [-0.39, 0.29) is 30.3 Å². The molecule has 0 radical (unpaired) electrons. The van der Waals surface area contributed by atoms with Crippen molar-refractivity contribution in [3.05, 3.63) is 90.0 Å². The van der Waals surface area contributed by atoms with E-state index < -0.39 is 0 Å². The van der Waals surface area contributed by atoms with Crippen LogP contribution in [0.5, 0.6) is 0 Å². The molecule has 7 nitrogen and oxygen atoms in total. The van der Waals surface area contributed by atoms with Gasteiger partial charge in [-0.1, -0.05) is 43.5 Å². The highest BCUT2D eigenvalue weighted by Gasteiger charge is 2.18. The third-order valence-corrected chi connectivity index (χ3v) is 6.56. The molecule has 0 saturated heterocycles. The van der Waals surface area contributed by atoms with Crippen LogP contribution in [0.4, 0.5) is 17.1 Å². The van der Waals surface area contributed by atoms with E-state index in [1.165, 1.54) is 6.42 Å². The molecule has 3 aromatic rings. The minimum absolute atomic E-state index is 0.0525. The predicted octanol–water partition coefficient (Wildman–Crippen LogP) is 5.47. The molecule has 1 fully saturated rings. The number of carbonyl (C=O) groups excluding carboxylic acids is 3. The first kappa shape index (κ1) is 25.9. The normalized spacial score (nSPS) is 13.4. The number of amides is 3. The lowest BCUT2D eigenvalue weighted by Gasteiger charge is -2.22. The zero-order valence-electron chi connectivity index (χ0n) is 21.2. The molecule has 192 valence electrons. The van der Waals surface area contributed by atoms with Gasteiger partial charge >= 0.3 is 0 Å². The van der Waals surface area contributed by atoms with E-state index in [1.807, 2.05) is 37.3 Å². The van der Waals surface area contributed by atoms with Gasteiger partial charge in [0.1, 0.15) is 0 Å². The van der Waals surface area contributed by atoms with Gasteiger partial charge in [-0.3, -0.25) is 14.4 Å². The highest BCUT2D eigenvalue weighted by atomic mass is 16.2. The number of nitrogens with one attached hydrogen (secondary N) is 3. The van der Waals surface area contributed by atoms with Gasteiger partial charge < -0.3 is 20.9 Å². The minimum Gasteiger partial charge on any atom is -0.376 e. The Morgan fingerprint density at radius 1 is 0.811 bits per heavy atom. The first-order valence-corrected chi connectivity index (χ1v) is 12.9. The van der Waals surface area contributed by atoms with Crippen LogP contribution in [-0.4, -0.2) is 36.9 Å². The van der Waals surface area contributed by atoms with Crippen molar-refractivity contribution in [3.8, 4) is 0 Å². The Morgan fingerprint density at radius 3 is 2.24 bits per heavy atom. The Labute approximate surface area is 218 Å². The van der Waals surface area contributed by atoms with Crippen LogP contribution in [0.3, 0.4) is 0 Å². The van der Waals surface area contributed by atoms with Crippen molar-refractivity contribution in [1.82, 2.24) is 5.32 Å². The molecule has 3 N–H and O–H groups in total. The molecule has 37 heavy (non-hydrogen) atoms. The van der Waals surface area contributed by atoms with Gasteiger partial charge in [-0.15, -0.1) is 0 Å². The van der Waals surface area contributed by atoms with Gasteiger partial charge in [0.15, 0.2) is 0 Å². The smallest absolute Gasteiger partial charge is 0.258 e. The van der Waals surface area contributed by atoms with Crippen LogP contribution in [0.15, 0.2) is 78.9 Å². The van der Waals surface area contributed by atoms with Crippen molar-refractivity contribution < 1.29 is 14.4 Å². The van der Waals surface area contributed by atoms with Gasteiger partial charge in [0.25, 0.3) is 11.8 Å². The number of rotatable bonds is 9. The number of benzene rings is 3. The first-order chi connectivity index (χ1) is 18.0. The lowest BCUT2D eigenvalue weighted by atomic mass is 9.95. The number of nitrogens with zero attached hydrogens (tertiary/aromatic N) is 1. The fraction of sp³-hybridized carbons (Fsp3) is 0.300. The number of hydrogen-bond donors (Lipinski definition) is 3. The van der Waals surface area contributed by atoms with E-state index in [2.05, 4.69) is 16.0 Å². The summed E-state index contributed by atoms with van der Waals surface area (Å²) in [6, 6.07) is 23.9. The van der Waals surface area contributed by atoms with Gasteiger partial charge in [0, 0.05) is 40.8 Å². The van der Waals surface area contributed by atoms with Crippen molar-refractivity contribution >= 4 is 34.8 Å². The van der Waals surface area contributed by atoms with E-state index in [0.29, 0.717) is 23.4 Å². The summed E-state index contributed by atoms with van der Waals surface area (Å²) in [6.45, 7) is 2.56. The molecule has 0 heterocycles. The topological polar surface area (TPSA) is 90.5 Å². The van der Waals surface area contributed by atoms with Crippen LogP contribution in [0.2, 0.25) is 0 Å².